The number of carbonyl (C=O) groups excluding carboxylic acids is 2. The molecule has 9 heteroatoms. The van der Waals surface area contributed by atoms with Crippen LogP contribution in [0.1, 0.15) is 37.5 Å². The number of carbonyl (C=O) groups is 2. The highest BCUT2D eigenvalue weighted by Crippen LogP contribution is 2.34. The molecule has 7 rings (SSSR count). The van der Waals surface area contributed by atoms with Gasteiger partial charge in [-0.05, 0) is 73.5 Å². The fraction of sp³-hybridized carbons (Fsp3) is 0.273. The number of ether oxygens (including phenoxy) is 2. The number of aromatic nitrogens is 1. The molecule has 1 aromatic heterocycles. The van der Waals surface area contributed by atoms with Gasteiger partial charge in [-0.3, -0.25) is 9.59 Å². The van der Waals surface area contributed by atoms with Crippen molar-refractivity contribution in [2.45, 2.75) is 19.9 Å². The number of fused-ring (bicyclic) bond motifs is 8. The number of phenols is 1. The fourth-order valence-corrected chi connectivity index (χ4v) is 5.91. The zero-order valence-corrected chi connectivity index (χ0v) is 24.4. The standard InChI is InChI=1S/C33H32ClN3O5/c1-21-28-19-30(35(21)2)29-18-23(34)6-11-27(29)32(39)36-13-12-26-22(20-36)4-3-5-31(26)42-17-16-41-15-14-37(33(28)40)24-7-9-25(38)10-8-24/h3-11,18-19,38H,12-17,20H2,1-2H3. The van der Waals surface area contributed by atoms with Crippen LogP contribution in [-0.2, 0) is 24.8 Å². The van der Waals surface area contributed by atoms with Gasteiger partial charge in [0.2, 0.25) is 0 Å². The van der Waals surface area contributed by atoms with E-state index in [1.165, 1.54) is 0 Å². The van der Waals surface area contributed by atoms with Crippen molar-refractivity contribution < 1.29 is 24.2 Å². The molecule has 0 unspecified atom stereocenters. The van der Waals surface area contributed by atoms with Gasteiger partial charge in [0.05, 0.1) is 18.8 Å². The Hall–Kier alpha value is -4.27. The van der Waals surface area contributed by atoms with Crippen LogP contribution in [0.3, 0.4) is 0 Å². The van der Waals surface area contributed by atoms with Gasteiger partial charge in [-0.1, -0.05) is 23.7 Å². The minimum absolute atomic E-state index is 0.0950. The van der Waals surface area contributed by atoms with E-state index in [9.17, 15) is 14.7 Å². The zero-order chi connectivity index (χ0) is 29.4. The van der Waals surface area contributed by atoms with E-state index >= 15 is 0 Å². The van der Waals surface area contributed by atoms with Crippen LogP contribution < -0.4 is 9.64 Å². The van der Waals surface area contributed by atoms with Crippen LogP contribution in [0.4, 0.5) is 5.69 Å². The highest BCUT2D eigenvalue weighted by atomic mass is 35.5. The van der Waals surface area contributed by atoms with Gasteiger partial charge < -0.3 is 28.9 Å². The van der Waals surface area contributed by atoms with Crippen LogP contribution in [0.5, 0.6) is 11.5 Å². The van der Waals surface area contributed by atoms with Gasteiger partial charge in [0, 0.05) is 65.5 Å². The summed E-state index contributed by atoms with van der Waals surface area (Å²) in [6.45, 7) is 4.23. The number of hydrogen-bond donors (Lipinski definition) is 1. The predicted octanol–water partition coefficient (Wildman–Crippen LogP) is 5.61. The van der Waals surface area contributed by atoms with E-state index in [0.717, 1.165) is 28.3 Å². The van der Waals surface area contributed by atoms with E-state index in [1.54, 1.807) is 47.4 Å². The van der Waals surface area contributed by atoms with Crippen LogP contribution in [0, 0.1) is 6.92 Å². The summed E-state index contributed by atoms with van der Waals surface area (Å²) in [5, 5.41) is 10.3. The number of aromatic hydroxyl groups is 1. The zero-order valence-electron chi connectivity index (χ0n) is 23.6. The summed E-state index contributed by atoms with van der Waals surface area (Å²) >= 11 is 6.47. The van der Waals surface area contributed by atoms with Crippen LogP contribution >= 0.6 is 11.6 Å². The van der Waals surface area contributed by atoms with Crippen LogP contribution in [0.15, 0.2) is 66.7 Å². The molecule has 216 valence electrons. The fourth-order valence-electron chi connectivity index (χ4n) is 5.74. The molecule has 0 radical (unpaired) electrons. The molecule has 8 nitrogen and oxygen atoms in total. The topological polar surface area (TPSA) is 84.2 Å². The van der Waals surface area contributed by atoms with Crippen LogP contribution in [0.2, 0.25) is 5.02 Å². The number of nitrogens with zero attached hydrogens (tertiary/aromatic N) is 3. The second kappa shape index (κ2) is 11.5. The van der Waals surface area contributed by atoms with Gasteiger partial charge in [0.15, 0.2) is 0 Å². The first kappa shape index (κ1) is 27.9. The molecule has 4 heterocycles. The highest BCUT2D eigenvalue weighted by molar-refractivity contribution is 6.31. The number of halogens is 1. The van der Waals surface area contributed by atoms with Crippen molar-refractivity contribution >= 4 is 29.1 Å². The summed E-state index contributed by atoms with van der Waals surface area (Å²) in [6, 6.07) is 19.6. The molecule has 0 fully saturated rings. The maximum Gasteiger partial charge on any atom is 0.260 e. The highest BCUT2D eigenvalue weighted by Gasteiger charge is 2.29. The lowest BCUT2D eigenvalue weighted by molar-refractivity contribution is 0.0732. The molecule has 1 N–H and O–H groups in total. The van der Waals surface area contributed by atoms with E-state index in [0.29, 0.717) is 73.3 Å². The third-order valence-corrected chi connectivity index (χ3v) is 8.35. The Kier molecular flexibility index (Phi) is 7.66. The Morgan fingerprint density at radius 3 is 2.48 bits per heavy atom. The minimum atomic E-state index is -0.215. The van der Waals surface area contributed by atoms with Crippen molar-refractivity contribution in [2.24, 2.45) is 7.05 Å². The van der Waals surface area contributed by atoms with Crippen molar-refractivity contribution in [3.8, 4) is 22.8 Å². The summed E-state index contributed by atoms with van der Waals surface area (Å²) in [5.41, 5.74) is 5.97. The van der Waals surface area contributed by atoms with E-state index in [1.807, 2.05) is 47.7 Å². The first-order chi connectivity index (χ1) is 20.3. The number of anilines is 1. The van der Waals surface area contributed by atoms with Crippen molar-refractivity contribution in [3.05, 3.63) is 99.7 Å². The van der Waals surface area contributed by atoms with E-state index in [-0.39, 0.29) is 17.6 Å². The maximum atomic E-state index is 14.1. The Balaban J connectivity index is 1.46. The third kappa shape index (κ3) is 5.24. The lowest BCUT2D eigenvalue weighted by atomic mass is 9.96. The van der Waals surface area contributed by atoms with Gasteiger partial charge in [0.1, 0.15) is 18.1 Å². The Labute approximate surface area is 249 Å². The molecule has 3 aliphatic rings. The number of hydrogen-bond acceptors (Lipinski definition) is 5. The van der Waals surface area contributed by atoms with Crippen molar-refractivity contribution in [1.82, 2.24) is 9.47 Å². The molecule has 2 amide bonds. The quantitative estimate of drug-likeness (QED) is 0.293. The second-order valence-corrected chi connectivity index (χ2v) is 11.0. The van der Waals surface area contributed by atoms with Gasteiger partial charge >= 0.3 is 0 Å². The summed E-state index contributed by atoms with van der Waals surface area (Å²) in [7, 11) is 1.88. The van der Waals surface area contributed by atoms with Crippen molar-refractivity contribution in [1.29, 1.82) is 0 Å². The first-order valence-electron chi connectivity index (χ1n) is 14.0. The van der Waals surface area contributed by atoms with Gasteiger partial charge in [-0.25, -0.2) is 0 Å². The second-order valence-electron chi connectivity index (χ2n) is 10.6. The Morgan fingerprint density at radius 1 is 0.857 bits per heavy atom. The average Bonchev–Trinajstić information content (AvgIpc) is 3.29. The number of amides is 2. The summed E-state index contributed by atoms with van der Waals surface area (Å²) < 4.78 is 13.9. The van der Waals surface area contributed by atoms with Crippen LogP contribution in [-0.4, -0.2) is 59.3 Å². The maximum absolute atomic E-state index is 14.1. The normalized spacial score (nSPS) is 16.0. The van der Waals surface area contributed by atoms with E-state index in [2.05, 4.69) is 0 Å². The summed E-state index contributed by atoms with van der Waals surface area (Å²) in [6.07, 6.45) is 0.685. The Bertz CT molecular complexity index is 1660. The molecule has 42 heavy (non-hydrogen) atoms. The lowest BCUT2D eigenvalue weighted by Crippen LogP contribution is -2.36. The van der Waals surface area contributed by atoms with Gasteiger partial charge in [0.25, 0.3) is 11.8 Å². The largest absolute Gasteiger partial charge is 0.508 e. The summed E-state index contributed by atoms with van der Waals surface area (Å²) in [4.78, 5) is 31.6. The van der Waals surface area contributed by atoms with E-state index < -0.39 is 0 Å². The molecular weight excluding hydrogens is 554 g/mol. The molecule has 0 aliphatic carbocycles. The van der Waals surface area contributed by atoms with Crippen molar-refractivity contribution in [3.63, 3.8) is 0 Å². The molecule has 6 bridgehead atoms. The number of benzene rings is 3. The molecule has 0 saturated heterocycles. The molecule has 0 atom stereocenters. The third-order valence-electron chi connectivity index (χ3n) is 8.11. The molecule has 3 aromatic carbocycles. The lowest BCUT2D eigenvalue weighted by Gasteiger charge is -2.30. The average molecular weight is 586 g/mol. The molecule has 4 aromatic rings. The molecular formula is C33H32ClN3O5. The van der Waals surface area contributed by atoms with Crippen molar-refractivity contribution in [2.75, 3.05) is 37.8 Å². The van der Waals surface area contributed by atoms with Gasteiger partial charge in [-0.2, -0.15) is 0 Å². The smallest absolute Gasteiger partial charge is 0.260 e. The van der Waals surface area contributed by atoms with E-state index in [4.69, 9.17) is 21.1 Å². The predicted molar refractivity (Wildman–Crippen MR) is 162 cm³/mol. The number of phenolic OH excluding ortho intramolecular Hbond substituents is 1. The first-order valence-corrected chi connectivity index (χ1v) is 14.4. The summed E-state index contributed by atoms with van der Waals surface area (Å²) in [5.74, 6) is 0.610. The van der Waals surface area contributed by atoms with Gasteiger partial charge in [-0.15, -0.1) is 0 Å². The number of rotatable bonds is 1. The molecule has 0 saturated carbocycles. The van der Waals surface area contributed by atoms with Crippen LogP contribution in [0.25, 0.3) is 11.3 Å². The minimum Gasteiger partial charge on any atom is -0.508 e. The Morgan fingerprint density at radius 2 is 1.67 bits per heavy atom. The molecule has 0 spiro atoms. The monoisotopic (exact) mass is 585 g/mol. The SMILES string of the molecule is Cc1c2cc(n1C)-c1cc(Cl)ccc1C(=O)N1CCc3c(cccc3OCCOCCN(c3ccc(O)cc3)C2=O)C1. The molecule has 3 aliphatic heterocycles.